The Balaban J connectivity index is 0.00000196. The number of hydrogen-bond acceptors (Lipinski definition) is 1. The lowest BCUT2D eigenvalue weighted by molar-refractivity contribution is 0.798. The molecule has 0 saturated heterocycles. The van der Waals surface area contributed by atoms with Crippen LogP contribution in [0.1, 0.15) is 80.6 Å². The van der Waals surface area contributed by atoms with E-state index < -0.39 is 0 Å². The molecule has 0 saturated carbocycles. The fourth-order valence-electron chi connectivity index (χ4n) is 4.02. The van der Waals surface area contributed by atoms with Crippen molar-refractivity contribution in [2.45, 2.75) is 72.6 Å². The molecule has 26 heavy (non-hydrogen) atoms. The van der Waals surface area contributed by atoms with Crippen LogP contribution in [0.15, 0.2) is 30.3 Å². The molecule has 2 nitrogen and oxygen atoms in total. The maximum Gasteiger partial charge on any atom is 0.109 e. The van der Waals surface area contributed by atoms with E-state index in [2.05, 4.69) is 63.0 Å². The molecule has 2 heteroatoms. The molecule has 0 radical (unpaired) electrons. The summed E-state index contributed by atoms with van der Waals surface area (Å²) in [6, 6.07) is 11.8. The molecule has 0 aliphatic heterocycles. The van der Waals surface area contributed by atoms with Crippen LogP contribution in [0.5, 0.6) is 0 Å². The third-order valence-corrected chi connectivity index (χ3v) is 5.56. The van der Waals surface area contributed by atoms with Gasteiger partial charge < -0.3 is 4.98 Å². The fourth-order valence-corrected chi connectivity index (χ4v) is 4.02. The Hall–Kier alpha value is -2.09. The second-order valence-corrected chi connectivity index (χ2v) is 8.07. The second kappa shape index (κ2) is 7.26. The van der Waals surface area contributed by atoms with Gasteiger partial charge in [-0.05, 0) is 59.4 Å². The van der Waals surface area contributed by atoms with Crippen molar-refractivity contribution in [3.05, 3.63) is 64.0 Å². The van der Waals surface area contributed by atoms with Crippen molar-refractivity contribution >= 4 is 11.0 Å². The number of hydrogen-bond donors (Lipinski definition) is 1. The maximum absolute atomic E-state index is 4.96. The topological polar surface area (TPSA) is 28.7 Å². The summed E-state index contributed by atoms with van der Waals surface area (Å²) in [5.41, 5.74) is 9.71. The zero-order valence-corrected chi connectivity index (χ0v) is 15.8. The van der Waals surface area contributed by atoms with Gasteiger partial charge >= 0.3 is 0 Å². The van der Waals surface area contributed by atoms with E-state index in [0.29, 0.717) is 11.8 Å². The van der Waals surface area contributed by atoms with E-state index in [4.69, 9.17) is 4.98 Å². The van der Waals surface area contributed by atoms with Gasteiger partial charge in [0, 0.05) is 5.92 Å². The Morgan fingerprint density at radius 1 is 0.808 bits per heavy atom. The van der Waals surface area contributed by atoms with E-state index >= 15 is 0 Å². The number of nitrogens with zero attached hydrogens (tertiary/aromatic N) is 1. The Labute approximate surface area is 158 Å². The van der Waals surface area contributed by atoms with Crippen molar-refractivity contribution in [3.63, 3.8) is 0 Å². The summed E-state index contributed by atoms with van der Waals surface area (Å²) in [6.07, 6.45) is 4.29. The number of aryl methyl sites for hydroxylation is 4. The molecular weight excluding hydrogens is 316 g/mol. The lowest BCUT2D eigenvalue weighted by atomic mass is 9.88. The first-order valence-corrected chi connectivity index (χ1v) is 9.65. The maximum atomic E-state index is 4.96. The molecule has 7 rings (SSSR count). The van der Waals surface area contributed by atoms with Gasteiger partial charge in [0.1, 0.15) is 5.82 Å². The number of rotatable bonds is 2. The van der Waals surface area contributed by atoms with Crippen molar-refractivity contribution < 1.29 is 0 Å². The van der Waals surface area contributed by atoms with E-state index in [9.17, 15) is 0 Å². The molecule has 0 amide bonds. The predicted molar refractivity (Wildman–Crippen MR) is 112 cm³/mol. The Bertz CT molecular complexity index is 915. The van der Waals surface area contributed by atoms with Gasteiger partial charge in [-0.15, -0.1) is 0 Å². The van der Waals surface area contributed by atoms with Gasteiger partial charge in [0.2, 0.25) is 0 Å². The minimum Gasteiger partial charge on any atom is -0.342 e. The van der Waals surface area contributed by atoms with Crippen molar-refractivity contribution in [3.8, 4) is 0 Å². The van der Waals surface area contributed by atoms with E-state index in [1.807, 2.05) is 0 Å². The van der Waals surface area contributed by atoms with E-state index in [1.165, 1.54) is 38.9 Å². The smallest absolute Gasteiger partial charge is 0.109 e. The first-order valence-electron chi connectivity index (χ1n) is 9.65. The van der Waals surface area contributed by atoms with Gasteiger partial charge in [0.05, 0.1) is 11.0 Å². The fraction of sp³-hybridized carbons (Fsp3) is 0.458. The highest BCUT2D eigenvalue weighted by Gasteiger charge is 2.16. The summed E-state index contributed by atoms with van der Waals surface area (Å²) in [7, 11) is 0. The average molecular weight is 349 g/mol. The molecule has 1 aromatic heterocycles. The summed E-state index contributed by atoms with van der Waals surface area (Å²) in [6.45, 7) is 9.03. The normalized spacial score (nSPS) is 13.9. The van der Waals surface area contributed by atoms with Crippen LogP contribution in [-0.4, -0.2) is 9.97 Å². The third kappa shape index (κ3) is 3.30. The van der Waals surface area contributed by atoms with Gasteiger partial charge in [0.15, 0.2) is 0 Å². The molecule has 0 spiro atoms. The number of nitrogens with one attached hydrogen (secondary N) is 1. The number of aromatic amines is 1. The molecule has 0 unspecified atom stereocenters. The van der Waals surface area contributed by atoms with Gasteiger partial charge in [-0.1, -0.05) is 65.5 Å². The molecule has 4 aliphatic rings. The molecule has 4 bridgehead atoms. The first kappa shape index (κ1) is 18.7. The quantitative estimate of drug-likeness (QED) is 0.576. The highest BCUT2D eigenvalue weighted by Crippen LogP contribution is 2.29. The van der Waals surface area contributed by atoms with E-state index in [-0.39, 0.29) is 7.43 Å². The molecule has 2 aromatic carbocycles. The van der Waals surface area contributed by atoms with Crippen LogP contribution in [-0.2, 0) is 25.7 Å². The van der Waals surface area contributed by atoms with Crippen molar-refractivity contribution in [1.29, 1.82) is 0 Å². The van der Waals surface area contributed by atoms with Crippen LogP contribution in [0.25, 0.3) is 11.0 Å². The van der Waals surface area contributed by atoms with Crippen molar-refractivity contribution in [1.82, 2.24) is 9.97 Å². The van der Waals surface area contributed by atoms with Crippen LogP contribution in [0.3, 0.4) is 0 Å². The van der Waals surface area contributed by atoms with Gasteiger partial charge in [-0.3, -0.25) is 0 Å². The summed E-state index contributed by atoms with van der Waals surface area (Å²) >= 11 is 0. The minimum atomic E-state index is 0. The van der Waals surface area contributed by atoms with Crippen LogP contribution in [0.4, 0.5) is 0 Å². The number of aromatic nitrogens is 2. The number of imidazole rings is 1. The summed E-state index contributed by atoms with van der Waals surface area (Å²) < 4.78 is 0. The van der Waals surface area contributed by atoms with Gasteiger partial charge in [-0.2, -0.15) is 0 Å². The zero-order valence-electron chi connectivity index (χ0n) is 15.8. The zero-order chi connectivity index (χ0) is 17.6. The monoisotopic (exact) mass is 348 g/mol. The minimum absolute atomic E-state index is 0. The van der Waals surface area contributed by atoms with Gasteiger partial charge in [0.25, 0.3) is 0 Å². The number of H-pyrrole nitrogens is 1. The number of benzene rings is 2. The molecule has 3 aromatic rings. The molecule has 0 atom stereocenters. The van der Waals surface area contributed by atoms with E-state index in [0.717, 1.165) is 31.5 Å². The standard InChI is InChI=1S/C23H28N2.CH4/c1-14(2)20-13-16-5-7-17(20)9-10-19-12-11-18(8-6-16)21-22(19)25-23(24-21)15(3)4;/h5,7,11-15H,6,8-10H2,1-4H3,(H,24,25);1H4. The van der Waals surface area contributed by atoms with Crippen LogP contribution < -0.4 is 0 Å². The lowest BCUT2D eigenvalue weighted by Gasteiger charge is -2.17. The van der Waals surface area contributed by atoms with Crippen LogP contribution >= 0.6 is 0 Å². The molecule has 0 fully saturated rings. The summed E-state index contributed by atoms with van der Waals surface area (Å²) in [5.74, 6) is 2.12. The van der Waals surface area contributed by atoms with Gasteiger partial charge in [-0.25, -0.2) is 4.98 Å². The van der Waals surface area contributed by atoms with Crippen LogP contribution in [0, 0.1) is 0 Å². The second-order valence-electron chi connectivity index (χ2n) is 8.07. The van der Waals surface area contributed by atoms with E-state index in [1.54, 1.807) is 0 Å². The van der Waals surface area contributed by atoms with Crippen molar-refractivity contribution in [2.24, 2.45) is 0 Å². The van der Waals surface area contributed by atoms with Crippen LogP contribution in [0.2, 0.25) is 0 Å². The third-order valence-electron chi connectivity index (χ3n) is 5.56. The first-order chi connectivity index (χ1) is 12.0. The molecule has 1 heterocycles. The molecule has 4 aliphatic carbocycles. The highest BCUT2D eigenvalue weighted by molar-refractivity contribution is 5.82. The lowest BCUT2D eigenvalue weighted by Crippen LogP contribution is -2.04. The summed E-state index contributed by atoms with van der Waals surface area (Å²) in [5, 5.41) is 0. The molecular formula is C24H32N2. The predicted octanol–water partition coefficient (Wildman–Crippen LogP) is 6.33. The average Bonchev–Trinajstić information content (AvgIpc) is 3.02. The SMILES string of the molecule is C.CC(C)c1nc2c3ccc(c2[nH]1)CCc1ccc(c(C(C)C)c1)CC3. The largest absolute Gasteiger partial charge is 0.342 e. The summed E-state index contributed by atoms with van der Waals surface area (Å²) in [4.78, 5) is 8.58. The Morgan fingerprint density at radius 3 is 2.19 bits per heavy atom. The molecule has 138 valence electrons. The molecule has 1 N–H and O–H groups in total. The Morgan fingerprint density at radius 2 is 1.46 bits per heavy atom. The Kier molecular flexibility index (Phi) is 5.22. The van der Waals surface area contributed by atoms with Crippen molar-refractivity contribution in [2.75, 3.05) is 0 Å². The highest BCUT2D eigenvalue weighted by atomic mass is 14.9.